The maximum absolute atomic E-state index is 12.5. The van der Waals surface area contributed by atoms with Crippen LogP contribution in [0.2, 0.25) is 0 Å². The zero-order valence-electron chi connectivity index (χ0n) is 15.9. The van der Waals surface area contributed by atoms with Gasteiger partial charge < -0.3 is 19.4 Å². The van der Waals surface area contributed by atoms with Crippen molar-refractivity contribution in [1.29, 1.82) is 0 Å². The second kappa shape index (κ2) is 7.80. The molecule has 3 amide bonds. The van der Waals surface area contributed by atoms with Gasteiger partial charge in [0.1, 0.15) is 18.1 Å². The Kier molecular flexibility index (Phi) is 5.24. The molecule has 1 aromatic heterocycles. The number of ether oxygens (including phenoxy) is 1. The zero-order chi connectivity index (χ0) is 18.8. The number of piperazine rings is 1. The number of carbonyl (C=O) groups is 2. The molecule has 4 heterocycles. The summed E-state index contributed by atoms with van der Waals surface area (Å²) in [7, 11) is 0. The molecule has 8 heteroatoms. The van der Waals surface area contributed by atoms with Crippen molar-refractivity contribution < 1.29 is 18.7 Å². The maximum atomic E-state index is 12.5. The third-order valence-corrected chi connectivity index (χ3v) is 5.83. The van der Waals surface area contributed by atoms with Crippen LogP contribution in [0.25, 0.3) is 0 Å². The van der Waals surface area contributed by atoms with Gasteiger partial charge >= 0.3 is 12.1 Å². The second-order valence-electron chi connectivity index (χ2n) is 7.79. The van der Waals surface area contributed by atoms with E-state index in [1.165, 1.54) is 0 Å². The molecule has 3 saturated heterocycles. The highest BCUT2D eigenvalue weighted by molar-refractivity contribution is 5.75. The molecular weight excluding hydrogens is 348 g/mol. The summed E-state index contributed by atoms with van der Waals surface area (Å²) >= 11 is 0. The summed E-state index contributed by atoms with van der Waals surface area (Å²) in [6.07, 6.45) is 1.91. The highest BCUT2D eigenvalue weighted by Gasteiger charge is 2.38. The van der Waals surface area contributed by atoms with Crippen LogP contribution in [0.1, 0.15) is 24.4 Å². The van der Waals surface area contributed by atoms with Crippen LogP contribution in [0.15, 0.2) is 16.5 Å². The predicted octanol–water partition coefficient (Wildman–Crippen LogP) is 1.65. The molecule has 0 saturated carbocycles. The number of aryl methyl sites for hydroxylation is 1. The lowest BCUT2D eigenvalue weighted by atomic mass is 9.97. The van der Waals surface area contributed by atoms with Crippen molar-refractivity contribution >= 4 is 12.1 Å². The van der Waals surface area contributed by atoms with Gasteiger partial charge in [0, 0.05) is 26.2 Å². The summed E-state index contributed by atoms with van der Waals surface area (Å²) in [5, 5.41) is 3.09. The van der Waals surface area contributed by atoms with Gasteiger partial charge in [-0.05, 0) is 50.9 Å². The van der Waals surface area contributed by atoms with Gasteiger partial charge in [0.15, 0.2) is 0 Å². The van der Waals surface area contributed by atoms with Crippen molar-refractivity contribution in [2.45, 2.75) is 32.4 Å². The van der Waals surface area contributed by atoms with Crippen LogP contribution < -0.4 is 5.32 Å². The van der Waals surface area contributed by atoms with Crippen molar-refractivity contribution in [3.8, 4) is 0 Å². The Hall–Kier alpha value is -2.22. The van der Waals surface area contributed by atoms with Gasteiger partial charge in [0.05, 0.1) is 12.6 Å². The van der Waals surface area contributed by atoms with Crippen molar-refractivity contribution in [2.24, 2.45) is 5.92 Å². The first-order chi connectivity index (χ1) is 13.1. The van der Waals surface area contributed by atoms with Gasteiger partial charge in [-0.25, -0.2) is 9.59 Å². The Bertz CT molecular complexity index is 683. The topological polar surface area (TPSA) is 78.3 Å². The first-order valence-electron chi connectivity index (χ1n) is 9.82. The Labute approximate surface area is 159 Å². The zero-order valence-corrected chi connectivity index (χ0v) is 15.9. The average molecular weight is 376 g/mol. The Balaban J connectivity index is 1.17. The molecule has 148 valence electrons. The number of piperidine rings is 1. The molecule has 0 aliphatic carbocycles. The number of likely N-dealkylation sites (tertiary alicyclic amines) is 1. The lowest BCUT2D eigenvalue weighted by molar-refractivity contribution is 0.124. The van der Waals surface area contributed by atoms with Crippen molar-refractivity contribution in [1.82, 2.24) is 20.0 Å². The largest absolute Gasteiger partial charge is 0.465 e. The highest BCUT2D eigenvalue weighted by atomic mass is 16.6. The van der Waals surface area contributed by atoms with Crippen LogP contribution in [-0.4, -0.2) is 78.7 Å². The molecule has 4 rings (SSSR count). The molecule has 27 heavy (non-hydrogen) atoms. The molecule has 0 radical (unpaired) electrons. The van der Waals surface area contributed by atoms with E-state index in [-0.39, 0.29) is 18.2 Å². The van der Waals surface area contributed by atoms with Gasteiger partial charge in [-0.1, -0.05) is 0 Å². The van der Waals surface area contributed by atoms with Crippen LogP contribution in [0.4, 0.5) is 9.59 Å². The fourth-order valence-corrected chi connectivity index (χ4v) is 4.16. The number of carbonyl (C=O) groups excluding carboxylic acids is 2. The molecule has 3 aliphatic heterocycles. The van der Waals surface area contributed by atoms with E-state index in [2.05, 4.69) is 10.2 Å². The monoisotopic (exact) mass is 376 g/mol. The fraction of sp³-hybridized carbons (Fsp3) is 0.684. The lowest BCUT2D eigenvalue weighted by Gasteiger charge is -2.36. The van der Waals surface area contributed by atoms with Crippen LogP contribution in [0.3, 0.4) is 0 Å². The molecule has 0 aromatic carbocycles. The molecule has 0 bridgehead atoms. The number of furan rings is 1. The van der Waals surface area contributed by atoms with Gasteiger partial charge in [-0.2, -0.15) is 0 Å². The van der Waals surface area contributed by atoms with Gasteiger partial charge in [-0.3, -0.25) is 9.80 Å². The molecule has 3 aliphatic rings. The van der Waals surface area contributed by atoms with Crippen molar-refractivity contribution in [2.75, 3.05) is 45.9 Å². The number of rotatable bonds is 4. The third kappa shape index (κ3) is 4.21. The van der Waals surface area contributed by atoms with E-state index in [0.717, 1.165) is 44.0 Å². The van der Waals surface area contributed by atoms with E-state index >= 15 is 0 Å². The molecule has 8 nitrogen and oxygen atoms in total. The predicted molar refractivity (Wildman–Crippen MR) is 98.3 cm³/mol. The SMILES string of the molecule is Cc1ccc(CN2CCC(CNC(=O)N3CCN4C(=O)OC[C@H]4C3)CC2)o1. The number of fused-ring (bicyclic) bond motifs is 1. The Morgan fingerprint density at radius 3 is 2.78 bits per heavy atom. The van der Waals surface area contributed by atoms with E-state index in [1.54, 1.807) is 9.80 Å². The third-order valence-electron chi connectivity index (χ3n) is 5.83. The molecule has 3 fully saturated rings. The van der Waals surface area contributed by atoms with Crippen LogP contribution in [0, 0.1) is 12.8 Å². The van der Waals surface area contributed by atoms with Crippen molar-refractivity contribution in [3.63, 3.8) is 0 Å². The summed E-state index contributed by atoms with van der Waals surface area (Å²) in [4.78, 5) is 29.9. The van der Waals surface area contributed by atoms with Crippen molar-refractivity contribution in [3.05, 3.63) is 23.7 Å². The van der Waals surface area contributed by atoms with Gasteiger partial charge in [0.25, 0.3) is 0 Å². The number of urea groups is 1. The number of hydrogen-bond donors (Lipinski definition) is 1. The van der Waals surface area contributed by atoms with E-state index in [1.807, 2.05) is 19.1 Å². The standard InChI is InChI=1S/C19H28N4O4/c1-14-2-3-17(27-14)12-21-6-4-15(5-7-21)10-20-18(24)22-8-9-23-16(11-22)13-26-19(23)25/h2-3,15-16H,4-13H2,1H3,(H,20,24)/t16-/m1/s1. The number of cyclic esters (lactones) is 1. The summed E-state index contributed by atoms with van der Waals surface area (Å²) in [5.41, 5.74) is 0. The highest BCUT2D eigenvalue weighted by Crippen LogP contribution is 2.20. The number of amides is 3. The number of hydrogen-bond acceptors (Lipinski definition) is 5. The minimum atomic E-state index is -0.253. The molecule has 1 N–H and O–H groups in total. The number of nitrogens with zero attached hydrogens (tertiary/aromatic N) is 3. The molecule has 1 aromatic rings. The average Bonchev–Trinajstić information content (AvgIpc) is 3.26. The van der Waals surface area contributed by atoms with E-state index < -0.39 is 0 Å². The Morgan fingerprint density at radius 2 is 2.04 bits per heavy atom. The van der Waals surface area contributed by atoms with Gasteiger partial charge in [0.2, 0.25) is 0 Å². The lowest BCUT2D eigenvalue weighted by Crippen LogP contribution is -2.56. The van der Waals surface area contributed by atoms with Crippen LogP contribution in [-0.2, 0) is 11.3 Å². The smallest absolute Gasteiger partial charge is 0.410 e. The number of nitrogens with one attached hydrogen (secondary N) is 1. The summed E-state index contributed by atoms with van der Waals surface area (Å²) < 4.78 is 10.7. The normalized spacial score (nSPS) is 24.0. The summed E-state index contributed by atoms with van der Waals surface area (Å²) in [5.74, 6) is 2.49. The van der Waals surface area contributed by atoms with E-state index in [9.17, 15) is 9.59 Å². The van der Waals surface area contributed by atoms with Crippen LogP contribution in [0.5, 0.6) is 0 Å². The Morgan fingerprint density at radius 1 is 1.22 bits per heavy atom. The second-order valence-corrected chi connectivity index (χ2v) is 7.79. The fourth-order valence-electron chi connectivity index (χ4n) is 4.16. The minimum Gasteiger partial charge on any atom is -0.465 e. The molecule has 0 unspecified atom stereocenters. The quantitative estimate of drug-likeness (QED) is 0.864. The van der Waals surface area contributed by atoms with E-state index in [4.69, 9.17) is 9.15 Å². The first kappa shape index (κ1) is 18.2. The molecular formula is C19H28N4O4. The van der Waals surface area contributed by atoms with Gasteiger partial charge in [-0.15, -0.1) is 0 Å². The van der Waals surface area contributed by atoms with E-state index in [0.29, 0.717) is 38.7 Å². The minimum absolute atomic E-state index is 0.00507. The summed E-state index contributed by atoms with van der Waals surface area (Å²) in [6.45, 7) is 7.66. The van der Waals surface area contributed by atoms with Crippen LogP contribution >= 0.6 is 0 Å². The summed E-state index contributed by atoms with van der Waals surface area (Å²) in [6, 6.07) is 4.03. The molecule has 1 atom stereocenters. The first-order valence-corrected chi connectivity index (χ1v) is 9.82. The maximum Gasteiger partial charge on any atom is 0.410 e. The molecule has 0 spiro atoms.